The fourth-order valence-electron chi connectivity index (χ4n) is 2.83. The summed E-state index contributed by atoms with van der Waals surface area (Å²) < 4.78 is 19.0. The van der Waals surface area contributed by atoms with E-state index in [0.717, 1.165) is 34.1 Å². The molecule has 3 N–H and O–H groups in total. The van der Waals surface area contributed by atoms with E-state index in [1.54, 1.807) is 18.4 Å². The zero-order valence-corrected chi connectivity index (χ0v) is 13.7. The summed E-state index contributed by atoms with van der Waals surface area (Å²) >= 11 is 0. The molecule has 5 nitrogen and oxygen atoms in total. The molecule has 0 fully saturated rings. The van der Waals surface area contributed by atoms with E-state index in [4.69, 9.17) is 4.42 Å². The van der Waals surface area contributed by atoms with Crippen LogP contribution in [-0.4, -0.2) is 11.0 Å². The number of aryl methyl sites for hydroxylation is 2. The third-order valence-corrected chi connectivity index (χ3v) is 4.11. The van der Waals surface area contributed by atoms with Crippen molar-refractivity contribution in [3.63, 3.8) is 0 Å². The Morgan fingerprint density at radius 2 is 2.08 bits per heavy atom. The average Bonchev–Trinajstić information content (AvgIpc) is 3.19. The highest BCUT2D eigenvalue weighted by Gasteiger charge is 2.12. The fourth-order valence-corrected chi connectivity index (χ4v) is 2.83. The second kappa shape index (κ2) is 6.78. The van der Waals surface area contributed by atoms with Crippen LogP contribution >= 0.6 is 0 Å². The second-order valence-corrected chi connectivity index (χ2v) is 5.69. The molecule has 0 unspecified atom stereocenters. The highest BCUT2D eigenvalue weighted by Crippen LogP contribution is 2.26. The van der Waals surface area contributed by atoms with Gasteiger partial charge in [-0.25, -0.2) is 9.18 Å². The van der Waals surface area contributed by atoms with Crippen molar-refractivity contribution in [1.82, 2.24) is 15.6 Å². The van der Waals surface area contributed by atoms with Crippen LogP contribution in [0.15, 0.2) is 34.9 Å². The Kier molecular flexibility index (Phi) is 4.55. The minimum Gasteiger partial charge on any atom is -0.467 e. The zero-order valence-electron chi connectivity index (χ0n) is 13.7. The number of furan rings is 1. The summed E-state index contributed by atoms with van der Waals surface area (Å²) in [5.74, 6) is 0.367. The maximum atomic E-state index is 13.9. The van der Waals surface area contributed by atoms with Crippen LogP contribution < -0.4 is 10.6 Å². The third-order valence-electron chi connectivity index (χ3n) is 4.11. The first-order chi connectivity index (χ1) is 11.6. The Labute approximate surface area is 139 Å². The van der Waals surface area contributed by atoms with Crippen LogP contribution in [0.3, 0.4) is 0 Å². The van der Waals surface area contributed by atoms with Crippen molar-refractivity contribution in [2.75, 3.05) is 0 Å². The molecule has 6 heteroatoms. The molecule has 2 aromatic heterocycles. The second-order valence-electron chi connectivity index (χ2n) is 5.69. The molecule has 24 heavy (non-hydrogen) atoms. The highest BCUT2D eigenvalue weighted by atomic mass is 19.1. The first kappa shape index (κ1) is 16.1. The molecule has 1 aromatic carbocycles. The Bertz CT molecular complexity index is 853. The van der Waals surface area contributed by atoms with Crippen LogP contribution in [0.4, 0.5) is 9.18 Å². The number of halogens is 1. The molecule has 0 aliphatic carbocycles. The van der Waals surface area contributed by atoms with Gasteiger partial charge in [0.2, 0.25) is 0 Å². The van der Waals surface area contributed by atoms with E-state index in [-0.39, 0.29) is 18.4 Å². The number of hydrogen-bond donors (Lipinski definition) is 3. The van der Waals surface area contributed by atoms with Gasteiger partial charge < -0.3 is 20.0 Å². The lowest BCUT2D eigenvalue weighted by Crippen LogP contribution is -2.34. The number of fused-ring (bicyclic) bond motifs is 1. The van der Waals surface area contributed by atoms with E-state index in [9.17, 15) is 9.18 Å². The van der Waals surface area contributed by atoms with Crippen molar-refractivity contribution in [2.45, 2.75) is 33.4 Å². The third kappa shape index (κ3) is 3.27. The first-order valence-electron chi connectivity index (χ1n) is 7.92. The lowest BCUT2D eigenvalue weighted by Gasteiger charge is -2.08. The van der Waals surface area contributed by atoms with Crippen molar-refractivity contribution >= 4 is 16.9 Å². The highest BCUT2D eigenvalue weighted by molar-refractivity contribution is 5.87. The van der Waals surface area contributed by atoms with Gasteiger partial charge in [-0.3, -0.25) is 0 Å². The predicted molar refractivity (Wildman–Crippen MR) is 90.2 cm³/mol. The van der Waals surface area contributed by atoms with Crippen LogP contribution in [-0.2, 0) is 19.5 Å². The number of hydrogen-bond acceptors (Lipinski definition) is 2. The van der Waals surface area contributed by atoms with Gasteiger partial charge in [0.25, 0.3) is 0 Å². The summed E-state index contributed by atoms with van der Waals surface area (Å²) in [5, 5.41) is 6.31. The van der Waals surface area contributed by atoms with Crippen molar-refractivity contribution in [1.29, 1.82) is 0 Å². The van der Waals surface area contributed by atoms with Gasteiger partial charge in [0, 0.05) is 17.6 Å². The van der Waals surface area contributed by atoms with Crippen LogP contribution in [0.1, 0.15) is 29.5 Å². The molecular weight excluding hydrogens is 309 g/mol. The van der Waals surface area contributed by atoms with Gasteiger partial charge in [-0.15, -0.1) is 0 Å². The monoisotopic (exact) mass is 329 g/mol. The van der Waals surface area contributed by atoms with Crippen LogP contribution in [0.2, 0.25) is 0 Å². The number of nitrogens with one attached hydrogen (secondary N) is 3. The minimum atomic E-state index is -0.331. The summed E-state index contributed by atoms with van der Waals surface area (Å²) in [5.41, 5.74) is 3.73. The van der Waals surface area contributed by atoms with E-state index in [1.165, 1.54) is 12.1 Å². The van der Waals surface area contributed by atoms with E-state index in [1.807, 2.05) is 13.8 Å². The van der Waals surface area contributed by atoms with Crippen LogP contribution in [0.5, 0.6) is 0 Å². The van der Waals surface area contributed by atoms with Gasteiger partial charge in [-0.2, -0.15) is 0 Å². The van der Waals surface area contributed by atoms with Crippen LogP contribution in [0.25, 0.3) is 10.9 Å². The number of carbonyl (C=O) groups excluding carboxylic acids is 1. The van der Waals surface area contributed by atoms with Gasteiger partial charge >= 0.3 is 6.03 Å². The Morgan fingerprint density at radius 3 is 2.79 bits per heavy atom. The molecule has 0 aliphatic rings. The Morgan fingerprint density at radius 1 is 1.29 bits per heavy atom. The number of amides is 2. The quantitative estimate of drug-likeness (QED) is 0.667. The molecule has 0 aliphatic heterocycles. The lowest BCUT2D eigenvalue weighted by molar-refractivity contribution is 0.239. The van der Waals surface area contributed by atoms with Crippen LogP contribution in [0, 0.1) is 12.7 Å². The fraction of sp³-hybridized carbons (Fsp3) is 0.278. The summed E-state index contributed by atoms with van der Waals surface area (Å²) in [6.07, 6.45) is 2.40. The molecule has 2 heterocycles. The summed E-state index contributed by atoms with van der Waals surface area (Å²) in [6.45, 7) is 4.57. The smallest absolute Gasteiger partial charge is 0.315 e. The van der Waals surface area contributed by atoms with Crippen molar-refractivity contribution in [3.05, 3.63) is 58.9 Å². The number of aromatic nitrogens is 1. The normalized spacial score (nSPS) is 11.0. The number of urea groups is 1. The van der Waals surface area contributed by atoms with Gasteiger partial charge in [0.15, 0.2) is 0 Å². The zero-order chi connectivity index (χ0) is 17.1. The SMILES string of the molecule is CCc1[nH]c2c(CNC(=O)NCc3ccco3)cc(F)cc2c1C. The molecule has 0 radical (unpaired) electrons. The standard InChI is InChI=1S/C18H20FN3O2/c1-3-16-11(2)15-8-13(19)7-12(17(15)22-16)9-20-18(23)21-10-14-5-4-6-24-14/h4-8,22H,3,9-10H2,1-2H3,(H2,20,21,23). The van der Waals surface area contributed by atoms with Crippen molar-refractivity contribution in [2.24, 2.45) is 0 Å². The average molecular weight is 329 g/mol. The minimum absolute atomic E-state index is 0.237. The molecule has 126 valence electrons. The number of aromatic amines is 1. The van der Waals surface area contributed by atoms with Gasteiger partial charge in [-0.1, -0.05) is 6.92 Å². The summed E-state index contributed by atoms with van der Waals surface area (Å²) in [4.78, 5) is 15.2. The van der Waals surface area contributed by atoms with Gasteiger partial charge in [0.1, 0.15) is 11.6 Å². The van der Waals surface area contributed by atoms with E-state index in [2.05, 4.69) is 15.6 Å². The van der Waals surface area contributed by atoms with E-state index in [0.29, 0.717) is 12.3 Å². The maximum Gasteiger partial charge on any atom is 0.315 e. The number of rotatable bonds is 5. The number of H-pyrrole nitrogens is 1. The predicted octanol–water partition coefficient (Wildman–Crippen LogP) is 3.77. The Hall–Kier alpha value is -2.76. The van der Waals surface area contributed by atoms with Gasteiger partial charge in [-0.05, 0) is 48.7 Å². The van der Waals surface area contributed by atoms with Crippen molar-refractivity contribution in [3.8, 4) is 0 Å². The maximum absolute atomic E-state index is 13.9. The molecule has 0 saturated heterocycles. The molecule has 0 saturated carbocycles. The molecule has 2 amide bonds. The van der Waals surface area contributed by atoms with Crippen molar-refractivity contribution < 1.29 is 13.6 Å². The van der Waals surface area contributed by atoms with Gasteiger partial charge in [0.05, 0.1) is 18.3 Å². The first-order valence-corrected chi connectivity index (χ1v) is 7.92. The molecular formula is C18H20FN3O2. The largest absolute Gasteiger partial charge is 0.467 e. The van der Waals surface area contributed by atoms with E-state index >= 15 is 0 Å². The molecule has 3 aromatic rings. The number of carbonyl (C=O) groups is 1. The summed E-state index contributed by atoms with van der Waals surface area (Å²) in [6, 6.07) is 6.19. The van der Waals surface area contributed by atoms with E-state index < -0.39 is 0 Å². The lowest BCUT2D eigenvalue weighted by atomic mass is 10.1. The molecule has 3 rings (SSSR count). The molecule has 0 spiro atoms. The summed E-state index contributed by atoms with van der Waals surface area (Å²) in [7, 11) is 0. The molecule has 0 atom stereocenters. The molecule has 0 bridgehead atoms. The topological polar surface area (TPSA) is 70.1 Å². The number of benzene rings is 1. The Balaban J connectivity index is 1.71.